The maximum atomic E-state index is 13.9. The van der Waals surface area contributed by atoms with Crippen LogP contribution in [-0.4, -0.2) is 61.1 Å². The van der Waals surface area contributed by atoms with Crippen molar-refractivity contribution in [2.75, 3.05) is 44.2 Å². The molecule has 0 saturated heterocycles. The molecule has 3 unspecified atom stereocenters. The highest BCUT2D eigenvalue weighted by Crippen LogP contribution is 2.57. The van der Waals surface area contributed by atoms with Crippen molar-refractivity contribution in [3.8, 4) is 5.75 Å². The number of carbonyl (C=O) groups excluding carboxylic acids is 1. The van der Waals surface area contributed by atoms with Gasteiger partial charge < -0.3 is 25.2 Å². The van der Waals surface area contributed by atoms with E-state index in [1.165, 1.54) is 5.70 Å². The van der Waals surface area contributed by atoms with Crippen LogP contribution >= 0.6 is 0 Å². The van der Waals surface area contributed by atoms with Gasteiger partial charge in [-0.15, -0.1) is 0 Å². The molecule has 2 aliphatic heterocycles. The lowest BCUT2D eigenvalue weighted by molar-refractivity contribution is 0.0235. The van der Waals surface area contributed by atoms with Gasteiger partial charge in [-0.2, -0.15) is 0 Å². The minimum atomic E-state index is -0.672. The molecule has 5 rings (SSSR count). The highest BCUT2D eigenvalue weighted by molar-refractivity contribution is 6.01. The maximum absolute atomic E-state index is 13.9. The fourth-order valence-electron chi connectivity index (χ4n) is 6.47. The molecule has 0 fully saturated rings. The van der Waals surface area contributed by atoms with Crippen molar-refractivity contribution in [1.29, 1.82) is 0 Å². The maximum Gasteiger partial charge on any atom is 0.255 e. The molecule has 3 aliphatic rings. The molecule has 2 N–H and O–H groups in total. The molecule has 1 amide bonds. The van der Waals surface area contributed by atoms with Gasteiger partial charge in [0, 0.05) is 67.8 Å². The van der Waals surface area contributed by atoms with Crippen molar-refractivity contribution >= 4 is 11.6 Å². The summed E-state index contributed by atoms with van der Waals surface area (Å²) in [5, 5.41) is 0. The molecule has 0 radical (unpaired) electrons. The van der Waals surface area contributed by atoms with E-state index < -0.39 is 5.54 Å². The highest BCUT2D eigenvalue weighted by Gasteiger charge is 2.60. The average Bonchev–Trinajstić information content (AvgIpc) is 3.14. The Morgan fingerprint density at radius 1 is 0.972 bits per heavy atom. The number of carbonyl (C=O) groups is 1. The van der Waals surface area contributed by atoms with E-state index in [4.69, 9.17) is 10.5 Å². The van der Waals surface area contributed by atoms with Gasteiger partial charge in [-0.05, 0) is 57.5 Å². The first-order chi connectivity index (χ1) is 17.5. The van der Waals surface area contributed by atoms with E-state index in [2.05, 4.69) is 80.0 Å². The molecule has 0 bridgehead atoms. The van der Waals surface area contributed by atoms with Crippen molar-refractivity contribution in [1.82, 2.24) is 9.80 Å². The number of hydrogen-bond donors (Lipinski definition) is 1. The molecule has 0 aromatic heterocycles. The van der Waals surface area contributed by atoms with Crippen LogP contribution in [0.1, 0.15) is 49.2 Å². The predicted octanol–water partition coefficient (Wildman–Crippen LogP) is 4.36. The molecule has 6 heteroatoms. The van der Waals surface area contributed by atoms with Gasteiger partial charge in [-0.25, -0.2) is 0 Å². The first-order valence-electron chi connectivity index (χ1n) is 13.4. The van der Waals surface area contributed by atoms with Gasteiger partial charge in [0.15, 0.2) is 0 Å². The zero-order chi connectivity index (χ0) is 25.4. The van der Waals surface area contributed by atoms with E-state index in [9.17, 15) is 4.79 Å². The van der Waals surface area contributed by atoms with Crippen LogP contribution in [0.2, 0.25) is 0 Å². The number of nitrogens with two attached hydrogens (primary N) is 1. The SMILES string of the molecule is CCN(CC)C1=CC2Oc3cc(N(CC)CC)ccc3C3(c4ccccc4C(=O)N3CCN)C2C=C1. The zero-order valence-electron chi connectivity index (χ0n) is 21.9. The minimum Gasteiger partial charge on any atom is -0.485 e. The summed E-state index contributed by atoms with van der Waals surface area (Å²) in [4.78, 5) is 20.5. The van der Waals surface area contributed by atoms with Crippen molar-refractivity contribution in [2.24, 2.45) is 11.7 Å². The second-order valence-electron chi connectivity index (χ2n) is 9.64. The molecule has 2 aromatic rings. The van der Waals surface area contributed by atoms with Crippen LogP contribution in [0.4, 0.5) is 5.69 Å². The standard InChI is InChI=1S/C30H38N4O2/c1-5-32(6-2)21-13-15-25-27(19-21)36-28-20-22(33(7-3)8-4)14-16-26(28)30(25)24-12-10-9-11-23(24)29(35)34(30)18-17-31/h9-16,19-20,25,27H,5-8,17-18,31H2,1-4H3. The van der Waals surface area contributed by atoms with E-state index in [1.54, 1.807) is 0 Å². The summed E-state index contributed by atoms with van der Waals surface area (Å²) >= 11 is 0. The summed E-state index contributed by atoms with van der Waals surface area (Å²) in [6.07, 6.45) is 6.52. The molecule has 2 aromatic carbocycles. The smallest absolute Gasteiger partial charge is 0.255 e. The summed E-state index contributed by atoms with van der Waals surface area (Å²) < 4.78 is 6.80. The molecule has 36 heavy (non-hydrogen) atoms. The molecular formula is C30H38N4O2. The van der Waals surface area contributed by atoms with Crippen molar-refractivity contribution in [3.63, 3.8) is 0 Å². The van der Waals surface area contributed by atoms with Gasteiger partial charge in [0.25, 0.3) is 5.91 Å². The van der Waals surface area contributed by atoms with E-state index in [-0.39, 0.29) is 17.9 Å². The van der Waals surface area contributed by atoms with Crippen LogP contribution in [0.3, 0.4) is 0 Å². The molecule has 1 aliphatic carbocycles. The lowest BCUT2D eigenvalue weighted by atomic mass is 9.67. The van der Waals surface area contributed by atoms with Crippen LogP contribution in [-0.2, 0) is 5.54 Å². The first kappa shape index (κ1) is 24.4. The van der Waals surface area contributed by atoms with Crippen molar-refractivity contribution < 1.29 is 9.53 Å². The molecule has 1 spiro atoms. The normalized spacial score (nSPS) is 23.6. The Labute approximate surface area is 215 Å². The zero-order valence-corrected chi connectivity index (χ0v) is 21.9. The number of fused-ring (bicyclic) bond motifs is 6. The van der Waals surface area contributed by atoms with Crippen molar-refractivity contribution in [2.45, 2.75) is 39.3 Å². The number of rotatable bonds is 8. The highest BCUT2D eigenvalue weighted by atomic mass is 16.5. The van der Waals surface area contributed by atoms with Gasteiger partial charge >= 0.3 is 0 Å². The lowest BCUT2D eigenvalue weighted by Crippen LogP contribution is -2.57. The van der Waals surface area contributed by atoms with Crippen molar-refractivity contribution in [3.05, 3.63) is 83.1 Å². The number of benzene rings is 2. The van der Waals surface area contributed by atoms with E-state index in [0.29, 0.717) is 13.1 Å². The van der Waals surface area contributed by atoms with Gasteiger partial charge in [0.05, 0.1) is 5.92 Å². The average molecular weight is 487 g/mol. The van der Waals surface area contributed by atoms with Gasteiger partial charge in [-0.3, -0.25) is 4.79 Å². The fraction of sp³-hybridized carbons (Fsp3) is 0.433. The molecular weight excluding hydrogens is 448 g/mol. The Hall–Kier alpha value is -3.25. The van der Waals surface area contributed by atoms with Gasteiger partial charge in [0.2, 0.25) is 0 Å². The third-order valence-corrected chi connectivity index (χ3v) is 8.13. The molecule has 2 heterocycles. The number of amides is 1. The second-order valence-corrected chi connectivity index (χ2v) is 9.64. The van der Waals surface area contributed by atoms with E-state index >= 15 is 0 Å². The van der Waals surface area contributed by atoms with Crippen LogP contribution in [0, 0.1) is 5.92 Å². The molecule has 0 saturated carbocycles. The number of hydrogen-bond acceptors (Lipinski definition) is 5. The van der Waals surface area contributed by atoms with Crippen LogP contribution in [0.5, 0.6) is 5.75 Å². The summed E-state index contributed by atoms with van der Waals surface area (Å²) in [7, 11) is 0. The number of anilines is 1. The topological polar surface area (TPSA) is 62.0 Å². The van der Waals surface area contributed by atoms with Crippen LogP contribution in [0.15, 0.2) is 66.4 Å². The Morgan fingerprint density at radius 3 is 2.39 bits per heavy atom. The Morgan fingerprint density at radius 2 is 1.69 bits per heavy atom. The van der Waals surface area contributed by atoms with Gasteiger partial charge in [-0.1, -0.05) is 30.3 Å². The number of nitrogens with zero attached hydrogens (tertiary/aromatic N) is 3. The summed E-state index contributed by atoms with van der Waals surface area (Å²) in [6, 6.07) is 14.6. The summed E-state index contributed by atoms with van der Waals surface area (Å²) in [6.45, 7) is 13.3. The number of allylic oxidation sites excluding steroid dienone is 1. The third-order valence-electron chi connectivity index (χ3n) is 8.13. The molecule has 3 atom stereocenters. The monoisotopic (exact) mass is 486 g/mol. The number of ether oxygens (including phenoxy) is 1. The van der Waals surface area contributed by atoms with Crippen LogP contribution < -0.4 is 15.4 Å². The molecule has 6 nitrogen and oxygen atoms in total. The molecule has 190 valence electrons. The number of likely N-dealkylation sites (N-methyl/N-ethyl adjacent to an activating group) is 1. The largest absolute Gasteiger partial charge is 0.485 e. The quantitative estimate of drug-likeness (QED) is 0.601. The van der Waals surface area contributed by atoms with E-state index in [1.807, 2.05) is 23.1 Å². The minimum absolute atomic E-state index is 0.0439. The summed E-state index contributed by atoms with van der Waals surface area (Å²) in [5.74, 6) is 0.822. The third kappa shape index (κ3) is 3.46. The fourth-order valence-corrected chi connectivity index (χ4v) is 6.47. The Balaban J connectivity index is 1.76. The Bertz CT molecular complexity index is 1200. The lowest BCUT2D eigenvalue weighted by Gasteiger charge is -2.51. The first-order valence-corrected chi connectivity index (χ1v) is 13.4. The summed E-state index contributed by atoms with van der Waals surface area (Å²) in [5.41, 5.74) is 10.6. The predicted molar refractivity (Wildman–Crippen MR) is 145 cm³/mol. The van der Waals surface area contributed by atoms with E-state index in [0.717, 1.165) is 54.3 Å². The Kier molecular flexibility index (Phi) is 6.56. The second kappa shape index (κ2) is 9.66. The van der Waals surface area contributed by atoms with Gasteiger partial charge in [0.1, 0.15) is 17.4 Å². The van der Waals surface area contributed by atoms with Crippen LogP contribution in [0.25, 0.3) is 0 Å².